The number of hydrogen-bond donors (Lipinski definition) is 0. The van der Waals surface area contributed by atoms with Crippen LogP contribution in [0.3, 0.4) is 0 Å². The normalized spacial score (nSPS) is 18.8. The third-order valence-electron chi connectivity index (χ3n) is 14.1. The van der Waals surface area contributed by atoms with E-state index in [0.717, 1.165) is 54.3 Å². The number of benzene rings is 4. The molecule has 6 rings (SSSR count). The zero-order valence-electron chi connectivity index (χ0n) is 44.1. The van der Waals surface area contributed by atoms with E-state index in [1.54, 1.807) is 71.1 Å². The molecule has 0 bridgehead atoms. The van der Waals surface area contributed by atoms with Crippen molar-refractivity contribution in [2.45, 2.75) is 50.6 Å². The summed E-state index contributed by atoms with van der Waals surface area (Å²) >= 11 is 6.37. The number of halogens is 3. The fraction of sp³-hybridized carbons (Fsp3) is 0.481. The molecule has 0 spiro atoms. The smallest absolute Gasteiger partial charge is 0.350 e. The van der Waals surface area contributed by atoms with Crippen LogP contribution in [0.2, 0.25) is 0 Å². The van der Waals surface area contributed by atoms with Crippen LogP contribution in [0.5, 0.6) is 57.5 Å². The van der Waals surface area contributed by atoms with Gasteiger partial charge >= 0.3 is 11.9 Å². The van der Waals surface area contributed by atoms with E-state index < -0.39 is 11.9 Å². The summed E-state index contributed by atoms with van der Waals surface area (Å²) in [6.45, 7) is 3.22. The Labute approximate surface area is 447 Å². The van der Waals surface area contributed by atoms with Gasteiger partial charge < -0.3 is 90.6 Å². The largest absolute Gasteiger partial charge is 1.00 e. The van der Waals surface area contributed by atoms with E-state index >= 15 is 0 Å². The minimum atomic E-state index is -0.798. The van der Waals surface area contributed by atoms with Crippen molar-refractivity contribution in [3.05, 3.63) is 93.0 Å². The van der Waals surface area contributed by atoms with Gasteiger partial charge in [-0.3, -0.25) is 0 Å². The number of carbonyl (C=O) groups is 2. The molecule has 2 heterocycles. The maximum absolute atomic E-state index is 13.1. The molecule has 0 radical (unpaired) electrons. The number of hydrogen-bond acceptors (Lipinski definition) is 14. The summed E-state index contributed by atoms with van der Waals surface area (Å²) in [5.74, 6) is 4.46. The second kappa shape index (κ2) is 27.0. The summed E-state index contributed by atoms with van der Waals surface area (Å²) in [5, 5.41) is -0.356. The van der Waals surface area contributed by atoms with Crippen LogP contribution in [0.1, 0.15) is 58.3 Å². The molecule has 4 aromatic rings. The predicted molar refractivity (Wildman–Crippen MR) is 269 cm³/mol. The van der Waals surface area contributed by atoms with E-state index in [4.69, 9.17) is 68.4 Å². The highest BCUT2D eigenvalue weighted by Gasteiger charge is 2.42. The summed E-state index contributed by atoms with van der Waals surface area (Å²) in [6, 6.07) is 16.1. The van der Waals surface area contributed by atoms with Crippen molar-refractivity contribution in [2.24, 2.45) is 0 Å². The molecule has 0 saturated carbocycles. The average Bonchev–Trinajstić information content (AvgIpc) is 3.38. The number of esters is 2. The van der Waals surface area contributed by atoms with E-state index in [1.807, 2.05) is 24.3 Å². The van der Waals surface area contributed by atoms with Gasteiger partial charge in [-0.15, -0.1) is 0 Å². The van der Waals surface area contributed by atoms with Crippen LogP contribution in [0, 0.1) is 0 Å². The van der Waals surface area contributed by atoms with Gasteiger partial charge in [0.15, 0.2) is 46.0 Å². The van der Waals surface area contributed by atoms with Crippen molar-refractivity contribution in [1.29, 1.82) is 0 Å². The molecule has 19 heteroatoms. The van der Waals surface area contributed by atoms with Gasteiger partial charge in [0.1, 0.15) is 17.1 Å². The van der Waals surface area contributed by atoms with E-state index in [2.05, 4.69) is 38.4 Å². The van der Waals surface area contributed by atoms with Crippen molar-refractivity contribution in [3.63, 3.8) is 0 Å². The average molecular weight is 1080 g/mol. The minimum Gasteiger partial charge on any atom is -1.00 e. The van der Waals surface area contributed by atoms with Crippen LogP contribution in [0.25, 0.3) is 0 Å². The van der Waals surface area contributed by atoms with E-state index in [-0.39, 0.29) is 55.1 Å². The van der Waals surface area contributed by atoms with Crippen molar-refractivity contribution >= 4 is 23.5 Å². The molecule has 0 saturated heterocycles. The van der Waals surface area contributed by atoms with Crippen LogP contribution >= 0.6 is 11.6 Å². The Hall–Kier alpha value is -5.65. The SMILES string of the molecule is COc1cc2c(cc1OC)C(Cc1cc(OC)c(OC)c(OC)c1)[N@+](C)(CCCOC(=O)/C(Cl)=C/C(=O)OCCC[N@+]1(C)CCc3cc(OC)c(OC)cc3[C@H]1Cc1cc(OC)c(OC)c(OC)c1)CC2.[Cl-].[Cl-]. The van der Waals surface area contributed by atoms with Gasteiger partial charge in [-0.25, -0.2) is 9.59 Å². The van der Waals surface area contributed by atoms with Crippen molar-refractivity contribution in [2.75, 3.05) is 125 Å². The van der Waals surface area contributed by atoms with Gasteiger partial charge in [-0.1, -0.05) is 11.6 Å². The van der Waals surface area contributed by atoms with Gasteiger partial charge in [0.2, 0.25) is 11.5 Å². The van der Waals surface area contributed by atoms with Gasteiger partial charge in [-0.05, 0) is 70.8 Å². The third-order valence-corrected chi connectivity index (χ3v) is 14.4. The van der Waals surface area contributed by atoms with Gasteiger partial charge in [0, 0.05) is 55.7 Å². The van der Waals surface area contributed by atoms with Crippen LogP contribution in [-0.4, -0.2) is 145 Å². The molecule has 0 N–H and O–H groups in total. The van der Waals surface area contributed by atoms with Crippen molar-refractivity contribution in [3.8, 4) is 57.5 Å². The molecule has 4 aromatic carbocycles. The monoisotopic (exact) mass is 1080 g/mol. The summed E-state index contributed by atoms with van der Waals surface area (Å²) in [7, 11) is 20.5. The van der Waals surface area contributed by atoms with Crippen molar-refractivity contribution < 1.29 is 100 Å². The highest BCUT2D eigenvalue weighted by atomic mass is 35.5. The third kappa shape index (κ3) is 13.6. The summed E-state index contributed by atoms with van der Waals surface area (Å²) in [6.07, 6.45) is 4.96. The number of likely N-dealkylation sites (N-methyl/N-ethyl adjacent to an activating group) is 2. The number of ether oxygens (including phenoxy) is 12. The first-order chi connectivity index (χ1) is 34.2. The number of nitrogens with zero attached hydrogens (tertiary/aromatic N) is 2. The quantitative estimate of drug-likeness (QED) is 0.0437. The van der Waals surface area contributed by atoms with E-state index in [9.17, 15) is 9.59 Å². The number of carbonyl (C=O) groups excluding carboxylic acids is 2. The van der Waals surface area contributed by atoms with Crippen LogP contribution in [0.15, 0.2) is 59.6 Å². The number of methoxy groups -OCH3 is 10. The molecule has 0 aliphatic carbocycles. The zero-order chi connectivity index (χ0) is 51.5. The fourth-order valence-electron chi connectivity index (χ4n) is 10.3. The summed E-state index contributed by atoms with van der Waals surface area (Å²) in [4.78, 5) is 26.1. The molecule has 4 atom stereocenters. The Morgan fingerprint density at radius 3 is 1.19 bits per heavy atom. The molecular formula is C54H71Cl3N2O14. The number of fused-ring (bicyclic) bond motifs is 2. The second-order valence-electron chi connectivity index (χ2n) is 18.2. The molecule has 0 amide bonds. The maximum atomic E-state index is 13.1. The van der Waals surface area contributed by atoms with Crippen LogP contribution in [-0.2, 0) is 44.7 Å². The predicted octanol–water partition coefficient (Wildman–Crippen LogP) is 2.04. The Bertz CT molecular complexity index is 2510. The van der Waals surface area contributed by atoms with Crippen molar-refractivity contribution in [1.82, 2.24) is 0 Å². The lowest BCUT2D eigenvalue weighted by Crippen LogP contribution is -3.00. The molecule has 16 nitrogen and oxygen atoms in total. The number of rotatable bonds is 24. The standard InChI is InChI=1S/C54H71ClN2O14.2ClH/c1-56(19-15-36-29-43(60-3)45(62-5)31-38(36)41(56)23-34-25-47(64-7)52(68-11)48(26-34)65-8)17-13-21-70-51(58)33-40(55)54(59)71-22-14-18-57(2)20-16-37-30-44(61-4)46(63-6)32-39(37)42(57)24-35-27-49(66-9)53(69-12)50(28-35)67-10;;/h25-33,41-42H,13-24H2,1-12H3;2*1H/q+2;;/p-2/b40-33-;;/t41-,42?,56-,57-;;/m1../s1. The Balaban J connectivity index is 0.00000578. The Kier molecular flexibility index (Phi) is 22.2. The first-order valence-electron chi connectivity index (χ1n) is 23.6. The fourth-order valence-corrected chi connectivity index (χ4v) is 10.4. The molecule has 0 aromatic heterocycles. The van der Waals surface area contributed by atoms with Crippen LogP contribution < -0.4 is 72.2 Å². The second-order valence-corrected chi connectivity index (χ2v) is 18.6. The highest BCUT2D eigenvalue weighted by molar-refractivity contribution is 6.42. The Morgan fingerprint density at radius 1 is 0.507 bits per heavy atom. The lowest BCUT2D eigenvalue weighted by atomic mass is 9.86. The van der Waals surface area contributed by atoms with Gasteiger partial charge in [-0.2, -0.15) is 0 Å². The van der Waals surface area contributed by atoms with Gasteiger partial charge in [0.05, 0.1) is 125 Å². The van der Waals surface area contributed by atoms with Gasteiger partial charge in [0.25, 0.3) is 0 Å². The molecule has 0 fully saturated rings. The molecular weight excluding hydrogens is 1010 g/mol. The molecule has 2 aliphatic rings. The molecule has 73 heavy (non-hydrogen) atoms. The first kappa shape index (κ1) is 59.9. The lowest BCUT2D eigenvalue weighted by molar-refractivity contribution is -0.941. The lowest BCUT2D eigenvalue weighted by Gasteiger charge is -2.46. The highest BCUT2D eigenvalue weighted by Crippen LogP contribution is 2.47. The molecule has 402 valence electrons. The summed E-state index contributed by atoms with van der Waals surface area (Å²) in [5.41, 5.74) is 6.64. The maximum Gasteiger partial charge on any atom is 0.350 e. The topological polar surface area (TPSA) is 145 Å². The zero-order valence-corrected chi connectivity index (χ0v) is 46.3. The molecule has 1 unspecified atom stereocenters. The van der Waals surface area contributed by atoms with Crippen LogP contribution in [0.4, 0.5) is 0 Å². The summed E-state index contributed by atoms with van der Waals surface area (Å²) < 4.78 is 69.3. The Morgan fingerprint density at radius 2 is 0.849 bits per heavy atom. The van der Waals surface area contributed by atoms with E-state index in [0.29, 0.717) is 105 Å². The minimum absolute atomic E-state index is 0. The number of quaternary nitrogens is 2. The first-order valence-corrected chi connectivity index (χ1v) is 24.0. The molecule has 2 aliphatic heterocycles. The van der Waals surface area contributed by atoms with E-state index in [1.165, 1.54) is 11.1 Å².